The molecule has 1 aromatic heterocycles. The molecule has 3 N–H and O–H groups in total. The summed E-state index contributed by atoms with van der Waals surface area (Å²) in [5.74, 6) is 0.336. The molecule has 0 aromatic carbocycles. The van der Waals surface area contributed by atoms with Crippen molar-refractivity contribution in [2.75, 3.05) is 11.8 Å². The van der Waals surface area contributed by atoms with E-state index in [0.717, 1.165) is 0 Å². The number of hydrogen-bond acceptors (Lipinski definition) is 5. The van der Waals surface area contributed by atoms with Gasteiger partial charge in [-0.15, -0.1) is 10.2 Å². The first-order valence-electron chi connectivity index (χ1n) is 3.19. The molecule has 0 amide bonds. The van der Waals surface area contributed by atoms with Crippen molar-refractivity contribution < 1.29 is 13.2 Å². The van der Waals surface area contributed by atoms with Gasteiger partial charge in [0.1, 0.15) is 0 Å². The van der Waals surface area contributed by atoms with Crippen molar-refractivity contribution in [2.45, 2.75) is 0 Å². The largest absolute Gasteiger partial charge is 0.480 e. The Balaban J connectivity index is 2.81. The molecule has 72 valence electrons. The molecule has 0 aliphatic carbocycles. The highest BCUT2D eigenvalue weighted by atomic mass is 32.2. The van der Waals surface area contributed by atoms with Crippen LogP contribution < -0.4 is 14.6 Å². The first kappa shape index (κ1) is 9.68. The summed E-state index contributed by atoms with van der Waals surface area (Å²) < 4.78 is 27.7. The Bertz CT molecular complexity index is 373. The van der Waals surface area contributed by atoms with Gasteiger partial charge in [0.15, 0.2) is 5.82 Å². The van der Waals surface area contributed by atoms with Crippen LogP contribution in [0.1, 0.15) is 0 Å². The molecule has 1 aromatic rings. The second kappa shape index (κ2) is 3.54. The SMILES string of the molecule is COc1ccc(NS(N)(=O)=O)nn1. The fourth-order valence-corrected chi connectivity index (χ4v) is 1.03. The number of ether oxygens (including phenoxy) is 1. The topological polar surface area (TPSA) is 107 Å². The van der Waals surface area contributed by atoms with E-state index in [0.29, 0.717) is 5.88 Å². The zero-order chi connectivity index (χ0) is 9.90. The highest BCUT2D eigenvalue weighted by molar-refractivity contribution is 7.90. The van der Waals surface area contributed by atoms with Gasteiger partial charge in [0.25, 0.3) is 10.2 Å². The monoisotopic (exact) mass is 204 g/mol. The first-order chi connectivity index (χ1) is 6.01. The van der Waals surface area contributed by atoms with E-state index in [1.807, 2.05) is 4.72 Å². The molecule has 0 fully saturated rings. The van der Waals surface area contributed by atoms with Crippen LogP contribution in [0.25, 0.3) is 0 Å². The van der Waals surface area contributed by atoms with Crippen LogP contribution in [-0.4, -0.2) is 25.7 Å². The lowest BCUT2D eigenvalue weighted by Crippen LogP contribution is -2.22. The summed E-state index contributed by atoms with van der Waals surface area (Å²) in [6, 6.07) is 2.84. The van der Waals surface area contributed by atoms with Crippen LogP contribution in [0.2, 0.25) is 0 Å². The van der Waals surface area contributed by atoms with Crippen molar-refractivity contribution in [1.82, 2.24) is 10.2 Å². The van der Waals surface area contributed by atoms with Crippen molar-refractivity contribution in [2.24, 2.45) is 5.14 Å². The molecule has 0 saturated carbocycles. The molecule has 0 saturated heterocycles. The Morgan fingerprint density at radius 2 is 2.15 bits per heavy atom. The van der Waals surface area contributed by atoms with Crippen LogP contribution in [0.5, 0.6) is 5.88 Å². The molecule has 0 spiro atoms. The summed E-state index contributed by atoms with van der Waals surface area (Å²) in [7, 11) is -2.36. The van der Waals surface area contributed by atoms with Gasteiger partial charge in [0.05, 0.1) is 7.11 Å². The highest BCUT2D eigenvalue weighted by Gasteiger charge is 2.03. The van der Waals surface area contributed by atoms with Crippen LogP contribution in [-0.2, 0) is 10.2 Å². The standard InChI is InChI=1S/C5H8N4O3S/c1-12-5-3-2-4(7-8-5)9-13(6,10)11/h2-3H,1H3,(H,7,9)(H2,6,10,11). The smallest absolute Gasteiger partial charge is 0.297 e. The van der Waals surface area contributed by atoms with Gasteiger partial charge in [-0.3, -0.25) is 4.72 Å². The van der Waals surface area contributed by atoms with E-state index in [-0.39, 0.29) is 5.82 Å². The van der Waals surface area contributed by atoms with Crippen LogP contribution in [0.15, 0.2) is 12.1 Å². The first-order valence-corrected chi connectivity index (χ1v) is 4.74. The molecule has 0 atom stereocenters. The van der Waals surface area contributed by atoms with Crippen LogP contribution in [0, 0.1) is 0 Å². The van der Waals surface area contributed by atoms with E-state index in [1.54, 1.807) is 0 Å². The Morgan fingerprint density at radius 1 is 1.46 bits per heavy atom. The van der Waals surface area contributed by atoms with Gasteiger partial charge >= 0.3 is 0 Å². The third-order valence-corrected chi connectivity index (χ3v) is 1.59. The molecule has 0 unspecified atom stereocenters. The average Bonchev–Trinajstić information content (AvgIpc) is 2.03. The van der Waals surface area contributed by atoms with E-state index in [1.165, 1.54) is 19.2 Å². The van der Waals surface area contributed by atoms with Gasteiger partial charge in [-0.2, -0.15) is 8.42 Å². The number of methoxy groups -OCH3 is 1. The lowest BCUT2D eigenvalue weighted by molar-refractivity contribution is 0.392. The Morgan fingerprint density at radius 3 is 2.54 bits per heavy atom. The number of nitrogens with zero attached hydrogens (tertiary/aromatic N) is 2. The minimum Gasteiger partial charge on any atom is -0.480 e. The quantitative estimate of drug-likeness (QED) is 0.663. The maximum Gasteiger partial charge on any atom is 0.297 e. The second-order valence-electron chi connectivity index (χ2n) is 2.11. The van der Waals surface area contributed by atoms with Crippen LogP contribution in [0.4, 0.5) is 5.82 Å². The minimum absolute atomic E-state index is 0.0447. The summed E-state index contributed by atoms with van der Waals surface area (Å²) in [4.78, 5) is 0. The fourth-order valence-electron chi connectivity index (χ4n) is 0.629. The lowest BCUT2D eigenvalue weighted by Gasteiger charge is -2.01. The highest BCUT2D eigenvalue weighted by Crippen LogP contribution is 2.07. The molecular weight excluding hydrogens is 196 g/mol. The predicted molar refractivity (Wildman–Crippen MR) is 45.3 cm³/mol. The maximum absolute atomic E-state index is 10.5. The summed E-state index contributed by atoms with van der Waals surface area (Å²) in [6.07, 6.45) is 0. The zero-order valence-electron chi connectivity index (χ0n) is 6.76. The van der Waals surface area contributed by atoms with Gasteiger partial charge in [-0.1, -0.05) is 0 Å². The normalized spacial score (nSPS) is 10.9. The van der Waals surface area contributed by atoms with Gasteiger partial charge < -0.3 is 4.74 Å². The number of aromatic nitrogens is 2. The Hall–Kier alpha value is -1.41. The number of nitrogens with one attached hydrogen (secondary N) is 1. The number of rotatable bonds is 3. The molecule has 0 radical (unpaired) electrons. The van der Waals surface area contributed by atoms with E-state index in [9.17, 15) is 8.42 Å². The van der Waals surface area contributed by atoms with Gasteiger partial charge in [0.2, 0.25) is 5.88 Å². The number of anilines is 1. The lowest BCUT2D eigenvalue weighted by atomic mass is 10.5. The van der Waals surface area contributed by atoms with Crippen molar-refractivity contribution in [1.29, 1.82) is 0 Å². The fraction of sp³-hybridized carbons (Fsp3) is 0.200. The average molecular weight is 204 g/mol. The molecular formula is C5H8N4O3S. The van der Waals surface area contributed by atoms with Gasteiger partial charge in [-0.05, 0) is 6.07 Å². The molecule has 0 aliphatic heterocycles. The van der Waals surface area contributed by atoms with Gasteiger partial charge in [-0.25, -0.2) is 5.14 Å². The summed E-state index contributed by atoms with van der Waals surface area (Å²) in [5, 5.41) is 11.7. The van der Waals surface area contributed by atoms with Crippen LogP contribution >= 0.6 is 0 Å². The number of nitrogens with two attached hydrogens (primary N) is 1. The van der Waals surface area contributed by atoms with Gasteiger partial charge in [0, 0.05) is 6.07 Å². The van der Waals surface area contributed by atoms with Crippen molar-refractivity contribution in [3.63, 3.8) is 0 Å². The molecule has 8 heteroatoms. The molecule has 7 nitrogen and oxygen atoms in total. The van der Waals surface area contributed by atoms with Crippen molar-refractivity contribution in [3.8, 4) is 5.88 Å². The Kier molecular flexibility index (Phi) is 2.63. The predicted octanol–water partition coefficient (Wildman–Crippen LogP) is -0.899. The van der Waals surface area contributed by atoms with E-state index >= 15 is 0 Å². The van der Waals surface area contributed by atoms with Crippen LogP contribution in [0.3, 0.4) is 0 Å². The minimum atomic E-state index is -3.79. The summed E-state index contributed by atoms with van der Waals surface area (Å²) >= 11 is 0. The van der Waals surface area contributed by atoms with Crippen molar-refractivity contribution >= 4 is 16.0 Å². The number of hydrogen-bond donors (Lipinski definition) is 2. The van der Waals surface area contributed by atoms with E-state index in [4.69, 9.17) is 9.88 Å². The molecule has 1 heterocycles. The third kappa shape index (κ3) is 3.22. The van der Waals surface area contributed by atoms with Crippen molar-refractivity contribution in [3.05, 3.63) is 12.1 Å². The van der Waals surface area contributed by atoms with E-state index < -0.39 is 10.2 Å². The molecule has 0 bridgehead atoms. The molecule has 13 heavy (non-hydrogen) atoms. The van der Waals surface area contributed by atoms with E-state index in [2.05, 4.69) is 10.2 Å². The summed E-state index contributed by atoms with van der Waals surface area (Å²) in [5.41, 5.74) is 0. The Labute approximate surface area is 75.1 Å². The second-order valence-corrected chi connectivity index (χ2v) is 3.40. The molecule has 0 aliphatic rings. The summed E-state index contributed by atoms with van der Waals surface area (Å²) in [6.45, 7) is 0. The maximum atomic E-state index is 10.5. The zero-order valence-corrected chi connectivity index (χ0v) is 7.58. The third-order valence-electron chi connectivity index (χ3n) is 1.10. The molecule has 1 rings (SSSR count).